The van der Waals surface area contributed by atoms with E-state index in [9.17, 15) is 15.0 Å². The monoisotopic (exact) mass is 288 g/mol. The van der Waals surface area contributed by atoms with Crippen molar-refractivity contribution < 1.29 is 19.7 Å². The number of rotatable bonds is 7. The molecular weight excluding hydrogens is 272 g/mol. The van der Waals surface area contributed by atoms with Gasteiger partial charge in [-0.1, -0.05) is 6.07 Å². The normalized spacial score (nSPS) is 13.8. The van der Waals surface area contributed by atoms with Crippen molar-refractivity contribution >= 4 is 17.5 Å². The molecule has 0 aliphatic rings. The number of amides is 1. The van der Waals surface area contributed by atoms with Crippen molar-refractivity contribution in [2.75, 3.05) is 12.4 Å². The number of ether oxygens (including phenoxy) is 1. The molecule has 6 nitrogen and oxygen atoms in total. The number of nitrogens with two attached hydrogens (primary N) is 1. The topological polar surface area (TPSA) is 105 Å². The number of hydrogen-bond donors (Lipinski definition) is 4. The summed E-state index contributed by atoms with van der Waals surface area (Å²) in [7, 11) is 0. The van der Waals surface area contributed by atoms with Crippen LogP contribution in [0.15, 0.2) is 18.2 Å². The largest absolute Gasteiger partial charge is 0.504 e. The lowest BCUT2D eigenvalue weighted by molar-refractivity contribution is 0.0995. The minimum Gasteiger partial charge on any atom is -0.504 e. The van der Waals surface area contributed by atoms with E-state index in [4.69, 9.17) is 22.1 Å². The molecule has 2 unspecified atom stereocenters. The van der Waals surface area contributed by atoms with Crippen LogP contribution in [0.25, 0.3) is 0 Å². The van der Waals surface area contributed by atoms with Crippen LogP contribution in [-0.2, 0) is 0 Å². The van der Waals surface area contributed by atoms with Gasteiger partial charge in [-0.3, -0.25) is 10.1 Å². The second kappa shape index (κ2) is 7.18. The van der Waals surface area contributed by atoms with E-state index in [0.717, 1.165) is 0 Å². The summed E-state index contributed by atoms with van der Waals surface area (Å²) in [5, 5.41) is 22.0. The Labute approximate surface area is 116 Å². The van der Waals surface area contributed by atoms with E-state index in [0.29, 0.717) is 0 Å². The number of hydrogen-bond acceptors (Lipinski definition) is 5. The quantitative estimate of drug-likeness (QED) is 0.429. The lowest BCUT2D eigenvalue weighted by Gasteiger charge is -2.18. The highest BCUT2D eigenvalue weighted by molar-refractivity contribution is 6.18. The first-order chi connectivity index (χ1) is 8.95. The summed E-state index contributed by atoms with van der Waals surface area (Å²) in [6, 6.07) is 4.47. The number of phenols is 1. The van der Waals surface area contributed by atoms with Crippen molar-refractivity contribution in [2.24, 2.45) is 5.73 Å². The third-order valence-corrected chi connectivity index (χ3v) is 2.74. The number of aromatic hydroxyl groups is 1. The molecule has 5 N–H and O–H groups in total. The molecule has 0 heterocycles. The van der Waals surface area contributed by atoms with E-state index in [2.05, 4.69) is 5.32 Å². The van der Waals surface area contributed by atoms with Gasteiger partial charge in [-0.25, -0.2) is 0 Å². The van der Waals surface area contributed by atoms with Crippen LogP contribution in [0.5, 0.6) is 11.5 Å². The van der Waals surface area contributed by atoms with Gasteiger partial charge in [0.15, 0.2) is 11.5 Å². The van der Waals surface area contributed by atoms with Gasteiger partial charge in [0.05, 0.1) is 11.7 Å². The molecule has 0 saturated carbocycles. The van der Waals surface area contributed by atoms with E-state index in [-0.39, 0.29) is 29.5 Å². The number of alkyl halides is 1. The smallest absolute Gasteiger partial charge is 0.252 e. The van der Waals surface area contributed by atoms with Crippen LogP contribution in [-0.4, -0.2) is 40.9 Å². The minimum absolute atomic E-state index is 0.00880. The van der Waals surface area contributed by atoms with E-state index in [1.807, 2.05) is 0 Å². The fourth-order valence-electron chi connectivity index (χ4n) is 1.40. The van der Waals surface area contributed by atoms with Crippen LogP contribution in [0, 0.1) is 0 Å². The maximum atomic E-state index is 11.1. The molecule has 1 rings (SSSR count). The average molecular weight is 289 g/mol. The highest BCUT2D eigenvalue weighted by Crippen LogP contribution is 2.29. The molecule has 7 heteroatoms. The first kappa shape index (κ1) is 15.6. The van der Waals surface area contributed by atoms with Gasteiger partial charge in [-0.05, 0) is 19.1 Å². The molecule has 0 spiro atoms. The van der Waals surface area contributed by atoms with Crippen molar-refractivity contribution in [3.63, 3.8) is 0 Å². The number of carbonyl (C=O) groups is 1. The molecule has 19 heavy (non-hydrogen) atoms. The molecule has 106 valence electrons. The maximum Gasteiger partial charge on any atom is 0.252 e. The van der Waals surface area contributed by atoms with Gasteiger partial charge < -0.3 is 20.7 Å². The molecule has 0 aromatic heterocycles. The minimum atomic E-state index is -0.735. The predicted octanol–water partition coefficient (Wildman–Crippen LogP) is 0.405. The van der Waals surface area contributed by atoms with Crippen molar-refractivity contribution in [3.8, 4) is 11.5 Å². The highest BCUT2D eigenvalue weighted by Gasteiger charge is 2.14. The van der Waals surface area contributed by atoms with Gasteiger partial charge in [0.1, 0.15) is 6.23 Å². The van der Waals surface area contributed by atoms with Crippen molar-refractivity contribution in [1.82, 2.24) is 5.32 Å². The number of halogens is 1. The Bertz CT molecular complexity index is 442. The van der Waals surface area contributed by atoms with Crippen LogP contribution >= 0.6 is 11.6 Å². The molecular formula is C12H17ClN2O4. The Balaban J connectivity index is 2.66. The second-order valence-electron chi connectivity index (χ2n) is 3.99. The first-order valence-electron chi connectivity index (χ1n) is 5.71. The Morgan fingerprint density at radius 1 is 1.58 bits per heavy atom. The highest BCUT2D eigenvalue weighted by atomic mass is 35.5. The lowest BCUT2D eigenvalue weighted by atomic mass is 10.2. The van der Waals surface area contributed by atoms with Crippen molar-refractivity contribution in [2.45, 2.75) is 19.3 Å². The molecule has 1 aromatic rings. The van der Waals surface area contributed by atoms with Gasteiger partial charge in [0.25, 0.3) is 5.91 Å². The Morgan fingerprint density at radius 2 is 2.26 bits per heavy atom. The third-order valence-electron chi connectivity index (χ3n) is 2.39. The maximum absolute atomic E-state index is 11.1. The van der Waals surface area contributed by atoms with E-state index in [1.54, 1.807) is 13.0 Å². The van der Waals surface area contributed by atoms with Gasteiger partial charge in [0, 0.05) is 12.4 Å². The summed E-state index contributed by atoms with van der Waals surface area (Å²) in [6.07, 6.45) is -1.16. The van der Waals surface area contributed by atoms with Gasteiger partial charge in [-0.2, -0.15) is 0 Å². The first-order valence-corrected chi connectivity index (χ1v) is 6.25. The summed E-state index contributed by atoms with van der Waals surface area (Å²) in [6.45, 7) is 1.94. The Morgan fingerprint density at radius 3 is 2.84 bits per heavy atom. The van der Waals surface area contributed by atoms with Crippen LogP contribution in [0.4, 0.5) is 0 Å². The number of benzene rings is 1. The molecule has 0 radical (unpaired) electrons. The third kappa shape index (κ3) is 4.59. The zero-order valence-corrected chi connectivity index (χ0v) is 11.2. The summed E-state index contributed by atoms with van der Waals surface area (Å²) in [4.78, 5) is 11.1. The fourth-order valence-corrected chi connectivity index (χ4v) is 1.51. The molecule has 0 aliphatic heterocycles. The molecule has 1 amide bonds. The van der Waals surface area contributed by atoms with Gasteiger partial charge in [-0.15, -0.1) is 11.6 Å². The summed E-state index contributed by atoms with van der Waals surface area (Å²) >= 11 is 5.45. The van der Waals surface area contributed by atoms with Crippen LogP contribution in [0.1, 0.15) is 17.3 Å². The van der Waals surface area contributed by atoms with Crippen molar-refractivity contribution in [1.29, 1.82) is 0 Å². The number of para-hydroxylation sites is 1. The number of aliphatic hydroxyl groups is 1. The van der Waals surface area contributed by atoms with Gasteiger partial charge >= 0.3 is 0 Å². The summed E-state index contributed by atoms with van der Waals surface area (Å²) in [5.74, 6) is -0.790. The number of carbonyl (C=O) groups excluding carboxylic acids is 1. The van der Waals surface area contributed by atoms with Crippen LogP contribution in [0.3, 0.4) is 0 Å². The van der Waals surface area contributed by atoms with Crippen LogP contribution < -0.4 is 15.8 Å². The fraction of sp³-hybridized carbons (Fsp3) is 0.417. The predicted molar refractivity (Wildman–Crippen MR) is 71.4 cm³/mol. The Hall–Kier alpha value is -1.50. The number of nitrogens with one attached hydrogen (secondary N) is 1. The van der Waals surface area contributed by atoms with E-state index in [1.165, 1.54) is 12.1 Å². The standard InChI is InChI=1S/C12H17ClN2O4/c1-7(15-6-8(16)5-13)19-10-4-2-3-9(11(10)17)12(14)18/h2-4,7-8,15-17H,5-6H2,1H3,(H2,14,18). The SMILES string of the molecule is CC(NCC(O)CCl)Oc1cccc(C(N)=O)c1O. The average Bonchev–Trinajstić information content (AvgIpc) is 2.38. The Kier molecular flexibility index (Phi) is 5.88. The van der Waals surface area contributed by atoms with Crippen LogP contribution in [0.2, 0.25) is 0 Å². The number of primary amides is 1. The molecule has 0 aliphatic carbocycles. The number of aliphatic hydroxyl groups excluding tert-OH is 1. The zero-order valence-electron chi connectivity index (χ0n) is 10.5. The second-order valence-corrected chi connectivity index (χ2v) is 4.30. The van der Waals surface area contributed by atoms with Gasteiger partial charge in [0.2, 0.25) is 0 Å². The molecule has 0 bridgehead atoms. The molecule has 1 aromatic carbocycles. The lowest BCUT2D eigenvalue weighted by Crippen LogP contribution is -2.37. The van der Waals surface area contributed by atoms with E-state index >= 15 is 0 Å². The molecule has 0 fully saturated rings. The molecule has 2 atom stereocenters. The summed E-state index contributed by atoms with van der Waals surface area (Å²) in [5.41, 5.74) is 5.10. The molecule has 0 saturated heterocycles. The zero-order chi connectivity index (χ0) is 14.4. The van der Waals surface area contributed by atoms with E-state index < -0.39 is 18.2 Å². The summed E-state index contributed by atoms with van der Waals surface area (Å²) < 4.78 is 5.41. The van der Waals surface area contributed by atoms with Crippen molar-refractivity contribution in [3.05, 3.63) is 23.8 Å².